The molecule has 0 atom stereocenters. The molecule has 2 rings (SSSR count). The van der Waals surface area contributed by atoms with E-state index in [1.807, 2.05) is 0 Å². The number of hydrogen-bond donors (Lipinski definition) is 1. The van der Waals surface area contributed by atoms with Crippen LogP contribution in [0.4, 0.5) is 0 Å². The molecule has 0 aliphatic rings. The van der Waals surface area contributed by atoms with Gasteiger partial charge in [-0.2, -0.15) is 0 Å². The van der Waals surface area contributed by atoms with Gasteiger partial charge in [0.25, 0.3) is 0 Å². The van der Waals surface area contributed by atoms with Gasteiger partial charge in [-0.25, -0.2) is 0 Å². The van der Waals surface area contributed by atoms with Crippen molar-refractivity contribution in [3.05, 3.63) is 46.2 Å². The molecule has 0 radical (unpaired) electrons. The SMILES string of the molecule is CCOC(=O)CCC(=O)c1ccc2[nH]ccc(=O)c2c1. The molecule has 0 amide bonds. The number of benzene rings is 1. The first kappa shape index (κ1) is 14.0. The fourth-order valence-electron chi connectivity index (χ4n) is 1.94. The van der Waals surface area contributed by atoms with Crippen LogP contribution in [0.1, 0.15) is 30.1 Å². The molecule has 1 aromatic carbocycles. The van der Waals surface area contributed by atoms with Gasteiger partial charge < -0.3 is 9.72 Å². The van der Waals surface area contributed by atoms with Crippen molar-refractivity contribution in [2.24, 2.45) is 0 Å². The molecule has 5 heteroatoms. The molecule has 5 nitrogen and oxygen atoms in total. The third kappa shape index (κ3) is 3.12. The largest absolute Gasteiger partial charge is 0.466 e. The van der Waals surface area contributed by atoms with Crippen LogP contribution in [0.15, 0.2) is 35.3 Å². The Morgan fingerprint density at radius 1 is 1.20 bits per heavy atom. The second kappa shape index (κ2) is 6.14. The standard InChI is InChI=1S/C15H15NO4/c1-2-20-15(19)6-5-13(17)10-3-4-12-11(9-10)14(18)7-8-16-12/h3-4,7-9H,2,5-6H2,1H3,(H,16,18). The number of H-pyrrole nitrogens is 1. The highest BCUT2D eigenvalue weighted by molar-refractivity contribution is 6.00. The number of aromatic nitrogens is 1. The maximum Gasteiger partial charge on any atom is 0.306 e. The third-order valence-corrected chi connectivity index (χ3v) is 2.94. The lowest BCUT2D eigenvalue weighted by Gasteiger charge is -2.03. The van der Waals surface area contributed by atoms with E-state index in [0.717, 1.165) is 0 Å². The zero-order valence-electron chi connectivity index (χ0n) is 11.1. The second-order valence-electron chi connectivity index (χ2n) is 4.33. The van der Waals surface area contributed by atoms with Crippen molar-refractivity contribution < 1.29 is 14.3 Å². The number of nitrogens with one attached hydrogen (secondary N) is 1. The van der Waals surface area contributed by atoms with Crippen LogP contribution in [-0.2, 0) is 9.53 Å². The smallest absolute Gasteiger partial charge is 0.306 e. The minimum absolute atomic E-state index is 0.0514. The monoisotopic (exact) mass is 273 g/mol. The number of hydrogen-bond acceptors (Lipinski definition) is 4. The molecule has 1 heterocycles. The predicted molar refractivity (Wildman–Crippen MR) is 74.8 cm³/mol. The number of aromatic amines is 1. The Kier molecular flexibility index (Phi) is 4.30. The summed E-state index contributed by atoms with van der Waals surface area (Å²) < 4.78 is 4.77. The number of esters is 1. The number of rotatable bonds is 5. The summed E-state index contributed by atoms with van der Waals surface area (Å²) >= 11 is 0. The van der Waals surface area contributed by atoms with Crippen LogP contribution >= 0.6 is 0 Å². The van der Waals surface area contributed by atoms with Gasteiger partial charge in [-0.1, -0.05) is 0 Å². The summed E-state index contributed by atoms with van der Waals surface area (Å²) in [6.45, 7) is 2.02. The van der Waals surface area contributed by atoms with Crippen LogP contribution in [0.25, 0.3) is 10.9 Å². The molecule has 0 aliphatic carbocycles. The normalized spacial score (nSPS) is 10.4. The second-order valence-corrected chi connectivity index (χ2v) is 4.33. The Labute approximate surface area is 115 Å². The van der Waals surface area contributed by atoms with Crippen molar-refractivity contribution in [2.75, 3.05) is 6.61 Å². The molecule has 0 aliphatic heterocycles. The molecule has 0 unspecified atom stereocenters. The third-order valence-electron chi connectivity index (χ3n) is 2.94. The molecule has 104 valence electrons. The first-order valence-corrected chi connectivity index (χ1v) is 6.42. The maximum absolute atomic E-state index is 12.0. The van der Waals surface area contributed by atoms with Gasteiger partial charge in [0.15, 0.2) is 11.2 Å². The average Bonchev–Trinajstić information content (AvgIpc) is 2.45. The van der Waals surface area contributed by atoms with Crippen LogP contribution in [-0.4, -0.2) is 23.3 Å². The van der Waals surface area contributed by atoms with Crippen LogP contribution in [0.5, 0.6) is 0 Å². The average molecular weight is 273 g/mol. The summed E-state index contributed by atoms with van der Waals surface area (Å²) in [5, 5.41) is 0.467. The fourth-order valence-corrected chi connectivity index (χ4v) is 1.94. The lowest BCUT2D eigenvalue weighted by atomic mass is 10.0. The van der Waals surface area contributed by atoms with Gasteiger partial charge in [0.1, 0.15) is 0 Å². The van der Waals surface area contributed by atoms with Gasteiger partial charge in [0.2, 0.25) is 0 Å². The van der Waals surface area contributed by atoms with E-state index in [-0.39, 0.29) is 30.0 Å². The van der Waals surface area contributed by atoms with E-state index in [4.69, 9.17) is 4.74 Å². The van der Waals surface area contributed by atoms with Gasteiger partial charge in [0, 0.05) is 35.2 Å². The molecular weight excluding hydrogens is 258 g/mol. The minimum atomic E-state index is -0.389. The Morgan fingerprint density at radius 2 is 2.00 bits per heavy atom. The van der Waals surface area contributed by atoms with E-state index in [2.05, 4.69) is 4.98 Å². The highest BCUT2D eigenvalue weighted by Crippen LogP contribution is 2.12. The van der Waals surface area contributed by atoms with Gasteiger partial charge in [-0.3, -0.25) is 14.4 Å². The van der Waals surface area contributed by atoms with Crippen molar-refractivity contribution in [3.63, 3.8) is 0 Å². The minimum Gasteiger partial charge on any atom is -0.466 e. The van der Waals surface area contributed by atoms with E-state index in [1.54, 1.807) is 31.3 Å². The van der Waals surface area contributed by atoms with Gasteiger partial charge >= 0.3 is 5.97 Å². The quantitative estimate of drug-likeness (QED) is 0.668. The zero-order valence-corrected chi connectivity index (χ0v) is 11.1. The number of carbonyl (C=O) groups excluding carboxylic acids is 2. The number of ether oxygens (including phenoxy) is 1. The molecule has 0 saturated carbocycles. The van der Waals surface area contributed by atoms with Crippen molar-refractivity contribution in [2.45, 2.75) is 19.8 Å². The van der Waals surface area contributed by atoms with E-state index < -0.39 is 0 Å². The van der Waals surface area contributed by atoms with E-state index in [1.165, 1.54) is 6.07 Å². The molecule has 0 bridgehead atoms. The van der Waals surface area contributed by atoms with Crippen molar-refractivity contribution in [1.29, 1.82) is 0 Å². The number of carbonyl (C=O) groups is 2. The lowest BCUT2D eigenvalue weighted by molar-refractivity contribution is -0.143. The molecule has 1 aromatic heterocycles. The van der Waals surface area contributed by atoms with E-state index in [0.29, 0.717) is 23.1 Å². The number of fused-ring (bicyclic) bond motifs is 1. The highest BCUT2D eigenvalue weighted by atomic mass is 16.5. The molecule has 20 heavy (non-hydrogen) atoms. The number of pyridine rings is 1. The summed E-state index contributed by atoms with van der Waals surface area (Å²) in [4.78, 5) is 37.8. The Morgan fingerprint density at radius 3 is 2.75 bits per heavy atom. The fraction of sp³-hybridized carbons (Fsp3) is 0.267. The van der Waals surface area contributed by atoms with Gasteiger partial charge in [-0.05, 0) is 25.1 Å². The van der Waals surface area contributed by atoms with Gasteiger partial charge in [-0.15, -0.1) is 0 Å². The number of Topliss-reactive ketones (excluding diaryl/α,β-unsaturated/α-hetero) is 1. The molecule has 1 N–H and O–H groups in total. The number of ketones is 1. The molecule has 0 saturated heterocycles. The molecular formula is C15H15NO4. The summed E-state index contributed by atoms with van der Waals surface area (Å²) in [6.07, 6.45) is 1.69. The molecule has 2 aromatic rings. The van der Waals surface area contributed by atoms with Crippen molar-refractivity contribution in [3.8, 4) is 0 Å². The predicted octanol–water partition coefficient (Wildman–Crippen LogP) is 2.05. The van der Waals surface area contributed by atoms with E-state index in [9.17, 15) is 14.4 Å². The van der Waals surface area contributed by atoms with Crippen molar-refractivity contribution >= 4 is 22.7 Å². The zero-order chi connectivity index (χ0) is 14.5. The summed E-state index contributed by atoms with van der Waals surface area (Å²) in [5.74, 6) is -0.567. The summed E-state index contributed by atoms with van der Waals surface area (Å²) in [5.41, 5.74) is 0.969. The maximum atomic E-state index is 12.0. The lowest BCUT2D eigenvalue weighted by Crippen LogP contribution is -2.08. The van der Waals surface area contributed by atoms with Crippen LogP contribution < -0.4 is 5.43 Å². The Hall–Kier alpha value is -2.43. The summed E-state index contributed by atoms with van der Waals surface area (Å²) in [7, 11) is 0. The topological polar surface area (TPSA) is 76.2 Å². The first-order valence-electron chi connectivity index (χ1n) is 6.42. The van der Waals surface area contributed by atoms with Crippen molar-refractivity contribution in [1.82, 2.24) is 4.98 Å². The Balaban J connectivity index is 2.16. The van der Waals surface area contributed by atoms with E-state index >= 15 is 0 Å². The van der Waals surface area contributed by atoms with Gasteiger partial charge in [0.05, 0.1) is 13.0 Å². The highest BCUT2D eigenvalue weighted by Gasteiger charge is 2.11. The molecule has 0 fully saturated rings. The Bertz CT molecular complexity index is 702. The van der Waals surface area contributed by atoms with Crippen LogP contribution in [0.3, 0.4) is 0 Å². The van der Waals surface area contributed by atoms with Crippen LogP contribution in [0.2, 0.25) is 0 Å². The van der Waals surface area contributed by atoms with Crippen LogP contribution in [0, 0.1) is 0 Å². The first-order chi connectivity index (χ1) is 9.61. The molecule has 0 spiro atoms. The summed E-state index contributed by atoms with van der Waals surface area (Å²) in [6, 6.07) is 6.30.